The number of carbonyl (C=O) groups excluding carboxylic acids is 1. The molecule has 2 aromatic rings. The van der Waals surface area contributed by atoms with Crippen molar-refractivity contribution in [2.75, 3.05) is 5.32 Å². The summed E-state index contributed by atoms with van der Waals surface area (Å²) in [4.78, 5) is 12.3. The minimum absolute atomic E-state index is 0.117. The fourth-order valence-corrected chi connectivity index (χ4v) is 2.98. The molecule has 0 radical (unpaired) electrons. The molecule has 7 nitrogen and oxygen atoms in total. The number of nitrogens with one attached hydrogen (secondary N) is 2. The Morgan fingerprint density at radius 3 is 2.61 bits per heavy atom. The van der Waals surface area contributed by atoms with Gasteiger partial charge >= 0.3 is 6.01 Å². The van der Waals surface area contributed by atoms with E-state index in [9.17, 15) is 4.79 Å². The Balaban J connectivity index is 1.52. The van der Waals surface area contributed by atoms with Crippen LogP contribution in [0.15, 0.2) is 24.3 Å². The van der Waals surface area contributed by atoms with Crippen molar-refractivity contribution in [3.63, 3.8) is 0 Å². The number of tetrazole rings is 1. The molecule has 0 unspecified atom stereocenters. The summed E-state index contributed by atoms with van der Waals surface area (Å²) in [6.07, 6.45) is 5.51. The lowest BCUT2D eigenvalue weighted by Gasteiger charge is -2.26. The lowest BCUT2D eigenvalue weighted by molar-refractivity contribution is -0.121. The quantitative estimate of drug-likeness (QED) is 0.884. The van der Waals surface area contributed by atoms with E-state index in [4.69, 9.17) is 4.74 Å². The molecule has 0 atom stereocenters. The van der Waals surface area contributed by atoms with Crippen molar-refractivity contribution in [1.82, 2.24) is 20.6 Å². The number of carbonyl (C=O) groups is 1. The minimum Gasteiger partial charge on any atom is -0.422 e. The Labute approximate surface area is 134 Å². The van der Waals surface area contributed by atoms with E-state index >= 15 is 0 Å². The van der Waals surface area contributed by atoms with Crippen molar-refractivity contribution in [3.05, 3.63) is 24.3 Å². The van der Waals surface area contributed by atoms with Crippen LogP contribution in [-0.2, 0) is 4.79 Å². The summed E-state index contributed by atoms with van der Waals surface area (Å²) in [5.74, 6) is 1.63. The highest BCUT2D eigenvalue weighted by atomic mass is 16.5. The van der Waals surface area contributed by atoms with E-state index in [1.54, 1.807) is 12.1 Å². The largest absolute Gasteiger partial charge is 0.422 e. The molecule has 1 fully saturated rings. The zero-order chi connectivity index (χ0) is 16.1. The number of amides is 1. The van der Waals surface area contributed by atoms with E-state index in [0.29, 0.717) is 5.75 Å². The molecule has 1 saturated carbocycles. The molecule has 1 aliphatic carbocycles. The number of ether oxygens (including phenoxy) is 1. The van der Waals surface area contributed by atoms with Gasteiger partial charge in [0.2, 0.25) is 5.91 Å². The summed E-state index contributed by atoms with van der Waals surface area (Å²) in [7, 11) is 0. The highest BCUT2D eigenvalue weighted by Gasteiger charge is 2.25. The van der Waals surface area contributed by atoms with Gasteiger partial charge in [0.25, 0.3) is 0 Å². The first-order chi connectivity index (χ1) is 11.2. The number of anilines is 1. The number of hydrogen-bond acceptors (Lipinski definition) is 5. The van der Waals surface area contributed by atoms with Crippen LogP contribution in [0.2, 0.25) is 0 Å². The molecule has 23 heavy (non-hydrogen) atoms. The summed E-state index contributed by atoms with van der Waals surface area (Å²) in [5.41, 5.74) is 0.771. The molecule has 1 aromatic carbocycles. The standard InChI is InChI=1S/C16H21N5O2/c1-2-11-3-5-12(6-4-11)15(22)17-13-7-9-14(10-8-13)23-16-18-20-21-19-16/h7-12H,2-6H2,1H3,(H,17,22)(H,18,19,20,21). The Kier molecular flexibility index (Phi) is 4.85. The van der Waals surface area contributed by atoms with E-state index in [1.165, 1.54) is 6.42 Å². The monoisotopic (exact) mass is 315 g/mol. The Hall–Kier alpha value is -2.44. The number of aromatic nitrogens is 4. The van der Waals surface area contributed by atoms with Crippen LogP contribution in [0.5, 0.6) is 11.8 Å². The number of aromatic amines is 1. The normalized spacial score (nSPS) is 20.9. The third kappa shape index (κ3) is 4.06. The number of benzene rings is 1. The van der Waals surface area contributed by atoms with Crippen LogP contribution in [-0.4, -0.2) is 26.5 Å². The molecule has 1 heterocycles. The van der Waals surface area contributed by atoms with Crippen LogP contribution in [0.4, 0.5) is 5.69 Å². The predicted octanol–water partition coefficient (Wildman–Crippen LogP) is 3.15. The third-order valence-corrected chi connectivity index (χ3v) is 4.45. The lowest BCUT2D eigenvalue weighted by atomic mass is 9.80. The smallest absolute Gasteiger partial charge is 0.361 e. The van der Waals surface area contributed by atoms with Crippen molar-refractivity contribution in [2.24, 2.45) is 11.8 Å². The fourth-order valence-electron chi connectivity index (χ4n) is 2.98. The molecule has 0 saturated heterocycles. The maximum absolute atomic E-state index is 12.3. The zero-order valence-electron chi connectivity index (χ0n) is 13.2. The van der Waals surface area contributed by atoms with Gasteiger partial charge in [0.15, 0.2) is 0 Å². The van der Waals surface area contributed by atoms with Gasteiger partial charge in [0, 0.05) is 11.6 Å². The minimum atomic E-state index is 0.117. The summed E-state index contributed by atoms with van der Waals surface area (Å²) < 4.78 is 5.39. The van der Waals surface area contributed by atoms with Gasteiger partial charge in [-0.05, 0) is 61.1 Å². The van der Waals surface area contributed by atoms with Crippen molar-refractivity contribution in [1.29, 1.82) is 0 Å². The van der Waals surface area contributed by atoms with Gasteiger partial charge in [-0.2, -0.15) is 5.21 Å². The third-order valence-electron chi connectivity index (χ3n) is 4.45. The summed E-state index contributed by atoms with van der Waals surface area (Å²) >= 11 is 0. The molecule has 0 aliphatic heterocycles. The molecule has 2 N–H and O–H groups in total. The van der Waals surface area contributed by atoms with Crippen molar-refractivity contribution in [2.45, 2.75) is 39.0 Å². The highest BCUT2D eigenvalue weighted by molar-refractivity contribution is 5.92. The molecular formula is C16H21N5O2. The second kappa shape index (κ2) is 7.21. The lowest BCUT2D eigenvalue weighted by Crippen LogP contribution is -2.27. The van der Waals surface area contributed by atoms with Crippen molar-refractivity contribution >= 4 is 11.6 Å². The predicted molar refractivity (Wildman–Crippen MR) is 85.1 cm³/mol. The van der Waals surface area contributed by atoms with E-state index < -0.39 is 0 Å². The van der Waals surface area contributed by atoms with Crippen molar-refractivity contribution in [3.8, 4) is 11.8 Å². The van der Waals surface area contributed by atoms with Gasteiger partial charge in [0.1, 0.15) is 5.75 Å². The first-order valence-electron chi connectivity index (χ1n) is 8.07. The molecule has 1 aliphatic rings. The summed E-state index contributed by atoms with van der Waals surface area (Å²) in [5, 5.41) is 16.2. The van der Waals surface area contributed by atoms with Gasteiger partial charge in [-0.15, -0.1) is 0 Å². The molecular weight excluding hydrogens is 294 g/mol. The molecule has 1 amide bonds. The molecule has 122 valence electrons. The maximum atomic E-state index is 12.3. The summed E-state index contributed by atoms with van der Waals surface area (Å²) in [6.45, 7) is 2.23. The Morgan fingerprint density at radius 2 is 2.00 bits per heavy atom. The topological polar surface area (TPSA) is 92.8 Å². The van der Waals surface area contributed by atoms with Gasteiger partial charge in [-0.3, -0.25) is 4.79 Å². The molecule has 1 aromatic heterocycles. The number of hydrogen-bond donors (Lipinski definition) is 2. The average molecular weight is 315 g/mol. The molecule has 0 bridgehead atoms. The van der Waals surface area contributed by atoms with Crippen LogP contribution in [0.25, 0.3) is 0 Å². The highest BCUT2D eigenvalue weighted by Crippen LogP contribution is 2.31. The first kappa shape index (κ1) is 15.5. The van der Waals surface area contributed by atoms with Gasteiger partial charge in [-0.1, -0.05) is 23.5 Å². The molecule has 7 heteroatoms. The van der Waals surface area contributed by atoms with E-state index in [-0.39, 0.29) is 17.8 Å². The van der Waals surface area contributed by atoms with E-state index in [2.05, 4.69) is 32.9 Å². The number of nitrogens with zero attached hydrogens (tertiary/aromatic N) is 3. The van der Waals surface area contributed by atoms with E-state index in [1.807, 2.05) is 12.1 Å². The van der Waals surface area contributed by atoms with E-state index in [0.717, 1.165) is 37.3 Å². The summed E-state index contributed by atoms with van der Waals surface area (Å²) in [6, 6.07) is 7.31. The van der Waals surface area contributed by atoms with Crippen LogP contribution in [0, 0.1) is 11.8 Å². The van der Waals surface area contributed by atoms with Crippen LogP contribution in [0.1, 0.15) is 39.0 Å². The van der Waals surface area contributed by atoms with Crippen LogP contribution < -0.4 is 10.1 Å². The fraction of sp³-hybridized carbons (Fsp3) is 0.500. The van der Waals surface area contributed by atoms with Crippen molar-refractivity contribution < 1.29 is 9.53 Å². The number of H-pyrrole nitrogens is 1. The maximum Gasteiger partial charge on any atom is 0.361 e. The average Bonchev–Trinajstić information content (AvgIpc) is 3.10. The molecule has 0 spiro atoms. The zero-order valence-corrected chi connectivity index (χ0v) is 13.2. The first-order valence-corrected chi connectivity index (χ1v) is 8.07. The van der Waals surface area contributed by atoms with Gasteiger partial charge in [-0.25, -0.2) is 0 Å². The Bertz CT molecular complexity index is 618. The van der Waals surface area contributed by atoms with Crippen LogP contribution >= 0.6 is 0 Å². The molecule has 3 rings (SSSR count). The number of rotatable bonds is 5. The second-order valence-electron chi connectivity index (χ2n) is 5.94. The van der Waals surface area contributed by atoms with Gasteiger partial charge in [0.05, 0.1) is 0 Å². The SMILES string of the molecule is CCC1CCC(C(=O)Nc2ccc(Oc3nn[nH]n3)cc2)CC1. The van der Waals surface area contributed by atoms with Gasteiger partial charge < -0.3 is 10.1 Å². The van der Waals surface area contributed by atoms with Crippen LogP contribution in [0.3, 0.4) is 0 Å². The second-order valence-corrected chi connectivity index (χ2v) is 5.94. The Morgan fingerprint density at radius 1 is 1.26 bits per heavy atom.